The highest BCUT2D eigenvalue weighted by molar-refractivity contribution is 5.70. The smallest absolute Gasteiger partial charge is 0.326 e. The fraction of sp³-hybridized carbons (Fsp3) is 0.200. The Kier molecular flexibility index (Phi) is 4.19. The number of alkyl halides is 6. The van der Waals surface area contributed by atoms with E-state index in [2.05, 4.69) is 0 Å². The van der Waals surface area contributed by atoms with Crippen LogP contribution in [-0.2, 0) is 18.9 Å². The molecule has 0 aliphatic carbocycles. The lowest BCUT2D eigenvalue weighted by Gasteiger charge is -2.16. The van der Waals surface area contributed by atoms with E-state index >= 15 is 0 Å². The third kappa shape index (κ3) is 3.24. The fourth-order valence-corrected chi connectivity index (χ4v) is 2.21. The molecule has 0 saturated carbocycles. The lowest BCUT2D eigenvalue weighted by Crippen LogP contribution is -2.13. The average Bonchev–Trinajstić information content (AvgIpc) is 2.44. The molecule has 0 amide bonds. The van der Waals surface area contributed by atoms with Crippen molar-refractivity contribution in [1.82, 2.24) is 0 Å². The van der Waals surface area contributed by atoms with E-state index in [0.717, 1.165) is 30.3 Å². The van der Waals surface area contributed by atoms with Crippen molar-refractivity contribution in [3.8, 4) is 11.1 Å². The Morgan fingerprint density at radius 3 is 2.00 bits per heavy atom. The first-order valence-electron chi connectivity index (χ1n) is 6.21. The normalized spacial score (nSPS) is 12.5. The van der Waals surface area contributed by atoms with Gasteiger partial charge in [0, 0.05) is 6.54 Å². The molecule has 0 bridgehead atoms. The van der Waals surface area contributed by atoms with E-state index in [4.69, 9.17) is 5.73 Å². The minimum absolute atomic E-state index is 0.0429. The van der Waals surface area contributed by atoms with Crippen LogP contribution in [0.1, 0.15) is 16.7 Å². The number of hydrogen-bond acceptors (Lipinski definition) is 1. The van der Waals surface area contributed by atoms with Crippen molar-refractivity contribution in [3.63, 3.8) is 0 Å². The highest BCUT2D eigenvalue weighted by atomic mass is 19.4. The van der Waals surface area contributed by atoms with E-state index in [1.54, 1.807) is 0 Å². The van der Waals surface area contributed by atoms with Crippen LogP contribution in [0.25, 0.3) is 11.1 Å². The fourth-order valence-electron chi connectivity index (χ4n) is 2.21. The lowest BCUT2D eigenvalue weighted by molar-refractivity contribution is -0.138. The molecule has 2 rings (SSSR count). The van der Waals surface area contributed by atoms with Gasteiger partial charge < -0.3 is 5.73 Å². The van der Waals surface area contributed by atoms with Crippen molar-refractivity contribution >= 4 is 0 Å². The molecule has 0 unspecified atom stereocenters. The van der Waals surface area contributed by atoms with Crippen molar-refractivity contribution in [1.29, 1.82) is 0 Å². The standard InChI is InChI=1S/C15H11F6N/c16-14(17,18)10-4-1-3-9(7-10)11-5-2-6-13(12(11)8-22)15(19,20)21/h1-7H,8,22H2. The van der Waals surface area contributed by atoms with Gasteiger partial charge in [-0.15, -0.1) is 0 Å². The molecule has 0 radical (unpaired) electrons. The number of rotatable bonds is 2. The Bertz CT molecular complexity index is 672. The van der Waals surface area contributed by atoms with Crippen LogP contribution in [0.3, 0.4) is 0 Å². The van der Waals surface area contributed by atoms with E-state index in [9.17, 15) is 26.3 Å². The molecule has 0 aromatic heterocycles. The first kappa shape index (κ1) is 16.4. The maximum atomic E-state index is 13.0. The maximum absolute atomic E-state index is 13.0. The Morgan fingerprint density at radius 2 is 1.45 bits per heavy atom. The minimum atomic E-state index is -4.62. The van der Waals surface area contributed by atoms with E-state index in [-0.39, 0.29) is 16.7 Å². The highest BCUT2D eigenvalue weighted by Crippen LogP contribution is 2.38. The first-order chi connectivity index (χ1) is 10.1. The molecule has 0 aliphatic rings. The van der Waals surface area contributed by atoms with E-state index in [1.165, 1.54) is 12.1 Å². The summed E-state index contributed by atoms with van der Waals surface area (Å²) in [4.78, 5) is 0. The topological polar surface area (TPSA) is 26.0 Å². The SMILES string of the molecule is NCc1c(-c2cccc(C(F)(F)F)c2)cccc1C(F)(F)F. The predicted octanol–water partition coefficient (Wildman–Crippen LogP) is 4.85. The van der Waals surface area contributed by atoms with Gasteiger partial charge >= 0.3 is 12.4 Å². The van der Waals surface area contributed by atoms with Crippen molar-refractivity contribution in [3.05, 3.63) is 59.2 Å². The van der Waals surface area contributed by atoms with Crippen LogP contribution in [0.15, 0.2) is 42.5 Å². The minimum Gasteiger partial charge on any atom is -0.326 e. The monoisotopic (exact) mass is 319 g/mol. The first-order valence-corrected chi connectivity index (χ1v) is 6.21. The number of halogens is 6. The zero-order valence-corrected chi connectivity index (χ0v) is 11.1. The molecule has 2 N–H and O–H groups in total. The zero-order valence-electron chi connectivity index (χ0n) is 11.1. The molecular weight excluding hydrogens is 308 g/mol. The summed E-state index contributed by atoms with van der Waals surface area (Å²) in [7, 11) is 0. The van der Waals surface area contributed by atoms with Crippen LogP contribution >= 0.6 is 0 Å². The Balaban J connectivity index is 2.64. The van der Waals surface area contributed by atoms with Crippen LogP contribution in [0.5, 0.6) is 0 Å². The molecule has 0 fully saturated rings. The molecule has 0 heterocycles. The van der Waals surface area contributed by atoms with Gasteiger partial charge in [0.1, 0.15) is 0 Å². The van der Waals surface area contributed by atoms with Crippen LogP contribution in [0.4, 0.5) is 26.3 Å². The highest BCUT2D eigenvalue weighted by Gasteiger charge is 2.34. The predicted molar refractivity (Wildman–Crippen MR) is 69.8 cm³/mol. The van der Waals surface area contributed by atoms with Gasteiger partial charge in [-0.3, -0.25) is 0 Å². The number of hydrogen-bond donors (Lipinski definition) is 1. The molecule has 0 saturated heterocycles. The average molecular weight is 319 g/mol. The van der Waals surface area contributed by atoms with Gasteiger partial charge in [0.25, 0.3) is 0 Å². The maximum Gasteiger partial charge on any atom is 0.416 e. The molecule has 22 heavy (non-hydrogen) atoms. The van der Waals surface area contributed by atoms with Crippen molar-refractivity contribution in [2.45, 2.75) is 18.9 Å². The molecule has 0 spiro atoms. The van der Waals surface area contributed by atoms with Gasteiger partial charge in [-0.05, 0) is 34.9 Å². The molecule has 1 nitrogen and oxygen atoms in total. The molecule has 2 aromatic rings. The Hall–Kier alpha value is -2.02. The Labute approximate surface area is 122 Å². The summed E-state index contributed by atoms with van der Waals surface area (Å²) in [6.45, 7) is -0.429. The summed E-state index contributed by atoms with van der Waals surface area (Å²) in [5.41, 5.74) is 3.38. The summed E-state index contributed by atoms with van der Waals surface area (Å²) in [5, 5.41) is 0. The van der Waals surface area contributed by atoms with Gasteiger partial charge in [0.05, 0.1) is 11.1 Å². The van der Waals surface area contributed by atoms with Crippen LogP contribution in [-0.4, -0.2) is 0 Å². The molecule has 0 atom stereocenters. The van der Waals surface area contributed by atoms with Crippen LogP contribution in [0.2, 0.25) is 0 Å². The second-order valence-electron chi connectivity index (χ2n) is 4.61. The largest absolute Gasteiger partial charge is 0.416 e. The lowest BCUT2D eigenvalue weighted by atomic mass is 9.94. The quantitative estimate of drug-likeness (QED) is 0.787. The van der Waals surface area contributed by atoms with Crippen LogP contribution in [0, 0.1) is 0 Å². The third-order valence-corrected chi connectivity index (χ3v) is 3.19. The van der Waals surface area contributed by atoms with Crippen LogP contribution < -0.4 is 5.73 Å². The Morgan fingerprint density at radius 1 is 0.818 bits per heavy atom. The summed E-state index contributed by atoms with van der Waals surface area (Å²) in [6, 6.07) is 7.49. The summed E-state index contributed by atoms with van der Waals surface area (Å²) < 4.78 is 77.1. The molecule has 7 heteroatoms. The van der Waals surface area contributed by atoms with E-state index in [1.807, 2.05) is 0 Å². The summed E-state index contributed by atoms with van der Waals surface area (Å²) in [5.74, 6) is 0. The van der Waals surface area contributed by atoms with E-state index in [0.29, 0.717) is 0 Å². The molecule has 0 aliphatic heterocycles. The summed E-state index contributed by atoms with van der Waals surface area (Å²) in [6.07, 6.45) is -9.19. The van der Waals surface area contributed by atoms with Crippen molar-refractivity contribution < 1.29 is 26.3 Å². The van der Waals surface area contributed by atoms with Crippen molar-refractivity contribution in [2.75, 3.05) is 0 Å². The third-order valence-electron chi connectivity index (χ3n) is 3.19. The van der Waals surface area contributed by atoms with Gasteiger partial charge in [-0.2, -0.15) is 26.3 Å². The van der Waals surface area contributed by atoms with Gasteiger partial charge in [0.2, 0.25) is 0 Å². The second kappa shape index (κ2) is 5.64. The molecule has 2 aromatic carbocycles. The van der Waals surface area contributed by atoms with Gasteiger partial charge in [-0.25, -0.2) is 0 Å². The van der Waals surface area contributed by atoms with E-state index < -0.39 is 30.0 Å². The second-order valence-corrected chi connectivity index (χ2v) is 4.61. The van der Waals surface area contributed by atoms with Gasteiger partial charge in [0.15, 0.2) is 0 Å². The van der Waals surface area contributed by atoms with Gasteiger partial charge in [-0.1, -0.05) is 24.3 Å². The molecular formula is C15H11F6N. The summed E-state index contributed by atoms with van der Waals surface area (Å²) >= 11 is 0. The number of nitrogens with two attached hydrogens (primary N) is 1. The molecule has 118 valence electrons. The van der Waals surface area contributed by atoms with Crippen molar-refractivity contribution in [2.24, 2.45) is 5.73 Å². The number of benzene rings is 2. The zero-order chi connectivity index (χ0) is 16.5.